The maximum atomic E-state index is 12.7. The molecule has 5 heteroatoms. The van der Waals surface area contributed by atoms with E-state index in [1.54, 1.807) is 0 Å². The van der Waals surface area contributed by atoms with E-state index in [0.717, 1.165) is 44.5 Å². The highest BCUT2D eigenvalue weighted by Crippen LogP contribution is 2.45. The van der Waals surface area contributed by atoms with Gasteiger partial charge in [0.2, 0.25) is 5.91 Å². The van der Waals surface area contributed by atoms with Crippen LogP contribution in [0.2, 0.25) is 0 Å². The number of nitrogens with one attached hydrogen (secondary N) is 1. The first kappa shape index (κ1) is 18.7. The van der Waals surface area contributed by atoms with Crippen LogP contribution in [0.15, 0.2) is 30.3 Å². The lowest BCUT2D eigenvalue weighted by molar-refractivity contribution is -0.139. The van der Waals surface area contributed by atoms with Gasteiger partial charge in [-0.3, -0.25) is 4.79 Å². The summed E-state index contributed by atoms with van der Waals surface area (Å²) in [4.78, 5) is 29.0. The molecule has 1 unspecified atom stereocenters. The van der Waals surface area contributed by atoms with Crippen molar-refractivity contribution in [3.05, 3.63) is 35.9 Å². The molecule has 1 spiro atoms. The van der Waals surface area contributed by atoms with Crippen LogP contribution in [0, 0.1) is 5.41 Å². The lowest BCUT2D eigenvalue weighted by Gasteiger charge is -2.49. The SMILES string of the molecule is CN1CC2(CCN(C(=O)NC(C)(C)C)CC2)CC(c2ccccc2)C1=O. The Labute approximate surface area is 156 Å². The molecule has 2 aliphatic heterocycles. The van der Waals surface area contributed by atoms with Gasteiger partial charge in [-0.25, -0.2) is 4.79 Å². The van der Waals surface area contributed by atoms with Gasteiger partial charge < -0.3 is 15.1 Å². The number of rotatable bonds is 1. The fraction of sp³-hybridized carbons (Fsp3) is 0.619. The van der Waals surface area contributed by atoms with Crippen molar-refractivity contribution < 1.29 is 9.59 Å². The lowest BCUT2D eigenvalue weighted by atomic mass is 9.68. The van der Waals surface area contributed by atoms with E-state index in [9.17, 15) is 9.59 Å². The molecule has 1 N–H and O–H groups in total. The highest BCUT2D eigenvalue weighted by molar-refractivity contribution is 5.84. The number of hydrogen-bond donors (Lipinski definition) is 1. The molecule has 1 atom stereocenters. The Morgan fingerprint density at radius 2 is 1.77 bits per heavy atom. The van der Waals surface area contributed by atoms with Gasteiger partial charge in [-0.15, -0.1) is 0 Å². The second-order valence-electron chi connectivity index (χ2n) is 9.03. The van der Waals surface area contributed by atoms with E-state index in [1.165, 1.54) is 0 Å². The van der Waals surface area contributed by atoms with Crippen LogP contribution in [0.5, 0.6) is 0 Å². The molecule has 3 amide bonds. The molecule has 0 aliphatic carbocycles. The Morgan fingerprint density at radius 3 is 2.35 bits per heavy atom. The molecule has 0 aromatic heterocycles. The number of benzene rings is 1. The highest BCUT2D eigenvalue weighted by atomic mass is 16.2. The molecule has 0 bridgehead atoms. The van der Waals surface area contributed by atoms with Crippen molar-refractivity contribution in [1.29, 1.82) is 0 Å². The van der Waals surface area contributed by atoms with Gasteiger partial charge >= 0.3 is 6.03 Å². The normalized spacial score (nSPS) is 23.2. The summed E-state index contributed by atoms with van der Waals surface area (Å²) in [5.74, 6) is 0.152. The summed E-state index contributed by atoms with van der Waals surface area (Å²) in [6.07, 6.45) is 2.78. The fourth-order valence-corrected chi connectivity index (χ4v) is 4.32. The molecule has 2 aliphatic rings. The van der Waals surface area contributed by atoms with Gasteiger partial charge in [0, 0.05) is 32.2 Å². The smallest absolute Gasteiger partial charge is 0.317 e. The largest absolute Gasteiger partial charge is 0.345 e. The molecule has 1 aromatic rings. The topological polar surface area (TPSA) is 52.6 Å². The molecule has 26 heavy (non-hydrogen) atoms. The Hall–Kier alpha value is -2.04. The molecule has 1 aromatic carbocycles. The second-order valence-corrected chi connectivity index (χ2v) is 9.03. The number of hydrogen-bond acceptors (Lipinski definition) is 2. The van der Waals surface area contributed by atoms with Crippen molar-refractivity contribution >= 4 is 11.9 Å². The fourth-order valence-electron chi connectivity index (χ4n) is 4.32. The van der Waals surface area contributed by atoms with Crippen LogP contribution in [0.4, 0.5) is 4.79 Å². The van der Waals surface area contributed by atoms with Crippen LogP contribution in [-0.2, 0) is 4.79 Å². The minimum absolute atomic E-state index is 0.0206. The molecule has 5 nitrogen and oxygen atoms in total. The summed E-state index contributed by atoms with van der Waals surface area (Å²) in [5, 5.41) is 3.05. The number of nitrogens with zero attached hydrogens (tertiary/aromatic N) is 2. The molecule has 0 saturated carbocycles. The monoisotopic (exact) mass is 357 g/mol. The summed E-state index contributed by atoms with van der Waals surface area (Å²) < 4.78 is 0. The molecule has 2 heterocycles. The van der Waals surface area contributed by atoms with Crippen molar-refractivity contribution in [1.82, 2.24) is 15.1 Å². The highest BCUT2D eigenvalue weighted by Gasteiger charge is 2.45. The summed E-state index contributed by atoms with van der Waals surface area (Å²) in [6, 6.07) is 10.1. The van der Waals surface area contributed by atoms with E-state index in [4.69, 9.17) is 0 Å². The first-order chi connectivity index (χ1) is 12.2. The van der Waals surface area contributed by atoms with Gasteiger partial charge in [0.15, 0.2) is 0 Å². The van der Waals surface area contributed by atoms with E-state index in [0.29, 0.717) is 0 Å². The van der Waals surface area contributed by atoms with Crippen LogP contribution in [-0.4, -0.2) is 54.0 Å². The average molecular weight is 357 g/mol. The van der Waals surface area contributed by atoms with Crippen molar-refractivity contribution in [2.75, 3.05) is 26.7 Å². The standard InChI is InChI=1S/C21H31N3O2/c1-20(2,3)22-19(26)24-12-10-21(11-13-24)14-17(18(25)23(4)15-21)16-8-6-5-7-9-16/h5-9,17H,10-15H2,1-4H3,(H,22,26). The number of likely N-dealkylation sites (N-methyl/N-ethyl adjacent to an activating group) is 1. The zero-order chi connectivity index (χ0) is 18.9. The van der Waals surface area contributed by atoms with E-state index in [1.807, 2.05) is 55.8 Å². The maximum Gasteiger partial charge on any atom is 0.317 e. The van der Waals surface area contributed by atoms with Crippen molar-refractivity contribution in [2.24, 2.45) is 5.41 Å². The Kier molecular flexibility index (Phi) is 5.00. The van der Waals surface area contributed by atoms with Crippen LogP contribution in [0.3, 0.4) is 0 Å². The van der Waals surface area contributed by atoms with Gasteiger partial charge in [-0.2, -0.15) is 0 Å². The predicted octanol–water partition coefficient (Wildman–Crippen LogP) is 3.22. The molecule has 142 valence electrons. The zero-order valence-electron chi connectivity index (χ0n) is 16.4. The van der Waals surface area contributed by atoms with E-state index >= 15 is 0 Å². The molecule has 0 radical (unpaired) electrons. The quantitative estimate of drug-likeness (QED) is 0.839. The second kappa shape index (κ2) is 6.93. The van der Waals surface area contributed by atoms with E-state index < -0.39 is 0 Å². The Bertz CT molecular complexity index is 658. The van der Waals surface area contributed by atoms with E-state index in [2.05, 4.69) is 17.4 Å². The minimum Gasteiger partial charge on any atom is -0.345 e. The summed E-state index contributed by atoms with van der Waals surface area (Å²) in [7, 11) is 1.91. The first-order valence-electron chi connectivity index (χ1n) is 9.56. The van der Waals surface area contributed by atoms with Crippen LogP contribution in [0.1, 0.15) is 51.5 Å². The number of amides is 3. The zero-order valence-corrected chi connectivity index (χ0v) is 16.4. The molecular weight excluding hydrogens is 326 g/mol. The number of urea groups is 1. The van der Waals surface area contributed by atoms with Crippen LogP contribution < -0.4 is 5.32 Å². The number of piperidine rings is 2. The van der Waals surface area contributed by atoms with E-state index in [-0.39, 0.29) is 28.8 Å². The first-order valence-corrected chi connectivity index (χ1v) is 9.56. The summed E-state index contributed by atoms with van der Waals surface area (Å²) in [6.45, 7) is 8.31. The van der Waals surface area contributed by atoms with Gasteiger partial charge in [0.05, 0.1) is 5.92 Å². The van der Waals surface area contributed by atoms with Crippen molar-refractivity contribution in [3.8, 4) is 0 Å². The Morgan fingerprint density at radius 1 is 1.15 bits per heavy atom. The van der Waals surface area contributed by atoms with Crippen molar-refractivity contribution in [3.63, 3.8) is 0 Å². The van der Waals surface area contributed by atoms with Gasteiger partial charge in [-0.1, -0.05) is 30.3 Å². The third kappa shape index (κ3) is 4.02. The predicted molar refractivity (Wildman–Crippen MR) is 103 cm³/mol. The lowest BCUT2D eigenvalue weighted by Crippen LogP contribution is -2.56. The minimum atomic E-state index is -0.220. The number of carbonyl (C=O) groups excluding carboxylic acids is 2. The van der Waals surface area contributed by atoms with Crippen LogP contribution >= 0.6 is 0 Å². The number of carbonyl (C=O) groups is 2. The maximum absolute atomic E-state index is 12.7. The van der Waals surface area contributed by atoms with Gasteiger partial charge in [0.25, 0.3) is 0 Å². The third-order valence-corrected chi connectivity index (χ3v) is 5.68. The van der Waals surface area contributed by atoms with Crippen LogP contribution in [0.25, 0.3) is 0 Å². The molecule has 3 rings (SSSR count). The number of likely N-dealkylation sites (tertiary alicyclic amines) is 2. The summed E-state index contributed by atoms with van der Waals surface area (Å²) in [5.41, 5.74) is 1.00. The molecule has 2 saturated heterocycles. The summed E-state index contributed by atoms with van der Waals surface area (Å²) >= 11 is 0. The van der Waals surface area contributed by atoms with Crippen molar-refractivity contribution in [2.45, 2.75) is 51.5 Å². The molecular formula is C21H31N3O2. The Balaban J connectivity index is 1.69. The third-order valence-electron chi connectivity index (χ3n) is 5.68. The van der Waals surface area contributed by atoms with Gasteiger partial charge in [0.1, 0.15) is 0 Å². The average Bonchev–Trinajstić information content (AvgIpc) is 2.58. The molecule has 2 fully saturated rings. The van der Waals surface area contributed by atoms with Gasteiger partial charge in [-0.05, 0) is 51.0 Å².